The second kappa shape index (κ2) is 8.41. The van der Waals surface area contributed by atoms with Crippen molar-refractivity contribution in [2.75, 3.05) is 18.4 Å². The molecule has 7 nitrogen and oxygen atoms in total. The minimum absolute atomic E-state index is 0.279. The fourth-order valence-corrected chi connectivity index (χ4v) is 4.99. The molecule has 1 saturated heterocycles. The molecule has 2 aromatic carbocycles. The highest BCUT2D eigenvalue weighted by Crippen LogP contribution is 2.22. The van der Waals surface area contributed by atoms with Gasteiger partial charge in [-0.05, 0) is 61.2 Å². The third-order valence-corrected chi connectivity index (χ3v) is 7.19. The maximum absolute atomic E-state index is 12.6. The molecular weight excluding hydrogens is 400 g/mol. The molecule has 4 rings (SSSR count). The number of aryl methyl sites for hydroxylation is 1. The van der Waals surface area contributed by atoms with Crippen LogP contribution < -0.4 is 5.32 Å². The second-order valence-electron chi connectivity index (χ2n) is 7.28. The van der Waals surface area contributed by atoms with Crippen LogP contribution in [-0.4, -0.2) is 41.3 Å². The van der Waals surface area contributed by atoms with Crippen LogP contribution in [0.5, 0.6) is 0 Å². The molecule has 0 bridgehead atoms. The Hall–Kier alpha value is -2.97. The maximum Gasteiger partial charge on any atom is 0.275 e. The van der Waals surface area contributed by atoms with E-state index >= 15 is 0 Å². The van der Waals surface area contributed by atoms with Crippen molar-refractivity contribution in [3.63, 3.8) is 0 Å². The van der Waals surface area contributed by atoms with E-state index in [1.54, 1.807) is 41.4 Å². The smallest absolute Gasteiger partial charge is 0.275 e. The van der Waals surface area contributed by atoms with Crippen LogP contribution in [-0.2, 0) is 16.4 Å². The van der Waals surface area contributed by atoms with Gasteiger partial charge in [0.15, 0.2) is 0 Å². The molecule has 0 radical (unpaired) electrons. The molecule has 30 heavy (non-hydrogen) atoms. The van der Waals surface area contributed by atoms with Crippen molar-refractivity contribution in [2.45, 2.75) is 31.1 Å². The minimum atomic E-state index is -3.44. The molecule has 0 aliphatic carbocycles. The molecule has 1 aliphatic heterocycles. The second-order valence-corrected chi connectivity index (χ2v) is 9.21. The largest absolute Gasteiger partial charge is 0.321 e. The molecule has 0 atom stereocenters. The standard InChI is InChI=1S/C22H24N4O3S/c1-2-17-5-7-18(8-6-17)24-22(27)21-15-25(16-23-21)19-9-11-20(12-10-19)30(28,29)26-13-3-4-14-26/h5-12,15-16H,2-4,13-14H2,1H3,(H,24,27). The first-order valence-corrected chi connectivity index (χ1v) is 11.5. The summed E-state index contributed by atoms with van der Waals surface area (Å²) in [4.78, 5) is 16.9. The highest BCUT2D eigenvalue weighted by molar-refractivity contribution is 7.89. The number of imidazole rings is 1. The van der Waals surface area contributed by atoms with Crippen LogP contribution in [0.1, 0.15) is 35.8 Å². The molecular formula is C22H24N4O3S. The Labute approximate surface area is 176 Å². The van der Waals surface area contributed by atoms with E-state index in [-0.39, 0.29) is 16.5 Å². The van der Waals surface area contributed by atoms with Gasteiger partial charge in [0.05, 0.1) is 4.90 Å². The lowest BCUT2D eigenvalue weighted by atomic mass is 10.1. The van der Waals surface area contributed by atoms with Crippen LogP contribution in [0, 0.1) is 0 Å². The Morgan fingerprint density at radius 2 is 1.70 bits per heavy atom. The van der Waals surface area contributed by atoms with Gasteiger partial charge in [-0.1, -0.05) is 19.1 Å². The molecule has 1 fully saturated rings. The molecule has 2 heterocycles. The molecule has 0 saturated carbocycles. The van der Waals surface area contributed by atoms with Gasteiger partial charge in [0, 0.05) is 30.7 Å². The number of nitrogens with zero attached hydrogens (tertiary/aromatic N) is 3. The number of rotatable bonds is 6. The number of nitrogens with one attached hydrogen (secondary N) is 1. The topological polar surface area (TPSA) is 84.3 Å². The summed E-state index contributed by atoms with van der Waals surface area (Å²) in [5.41, 5.74) is 2.92. The maximum atomic E-state index is 12.6. The fraction of sp³-hybridized carbons (Fsp3) is 0.273. The highest BCUT2D eigenvalue weighted by atomic mass is 32.2. The number of amides is 1. The number of carbonyl (C=O) groups excluding carboxylic acids is 1. The Morgan fingerprint density at radius 3 is 2.33 bits per heavy atom. The zero-order valence-corrected chi connectivity index (χ0v) is 17.6. The van der Waals surface area contributed by atoms with E-state index in [1.807, 2.05) is 24.3 Å². The summed E-state index contributed by atoms with van der Waals surface area (Å²) in [6, 6.07) is 14.3. The summed E-state index contributed by atoms with van der Waals surface area (Å²) in [6.45, 7) is 3.23. The van der Waals surface area contributed by atoms with E-state index in [9.17, 15) is 13.2 Å². The van der Waals surface area contributed by atoms with Crippen molar-refractivity contribution in [3.05, 3.63) is 72.3 Å². The predicted octanol–water partition coefficient (Wildman–Crippen LogP) is 3.47. The summed E-state index contributed by atoms with van der Waals surface area (Å²) in [5.74, 6) is -0.300. The quantitative estimate of drug-likeness (QED) is 0.657. The van der Waals surface area contributed by atoms with Crippen molar-refractivity contribution in [1.82, 2.24) is 13.9 Å². The number of hydrogen-bond donors (Lipinski definition) is 1. The lowest BCUT2D eigenvalue weighted by molar-refractivity contribution is 0.102. The van der Waals surface area contributed by atoms with Crippen molar-refractivity contribution in [1.29, 1.82) is 0 Å². The predicted molar refractivity (Wildman–Crippen MR) is 115 cm³/mol. The number of sulfonamides is 1. The number of anilines is 1. The molecule has 0 unspecified atom stereocenters. The minimum Gasteiger partial charge on any atom is -0.321 e. The Morgan fingerprint density at radius 1 is 1.03 bits per heavy atom. The summed E-state index contributed by atoms with van der Waals surface area (Å²) in [6.07, 6.45) is 5.91. The third kappa shape index (κ3) is 4.15. The zero-order chi connectivity index (χ0) is 21.1. The average molecular weight is 425 g/mol. The lowest BCUT2D eigenvalue weighted by Gasteiger charge is -2.15. The van der Waals surface area contributed by atoms with Crippen LogP contribution in [0.15, 0.2) is 66.0 Å². The zero-order valence-electron chi connectivity index (χ0n) is 16.8. The monoisotopic (exact) mass is 424 g/mol. The van der Waals surface area contributed by atoms with E-state index < -0.39 is 10.0 Å². The summed E-state index contributed by atoms with van der Waals surface area (Å²) in [7, 11) is -3.44. The van der Waals surface area contributed by atoms with E-state index in [0.717, 1.165) is 24.9 Å². The number of hydrogen-bond acceptors (Lipinski definition) is 4. The highest BCUT2D eigenvalue weighted by Gasteiger charge is 2.27. The number of carbonyl (C=O) groups is 1. The molecule has 1 aliphatic rings. The van der Waals surface area contributed by atoms with Gasteiger partial charge in [0.2, 0.25) is 10.0 Å². The molecule has 0 spiro atoms. The Balaban J connectivity index is 1.47. The van der Waals surface area contributed by atoms with Gasteiger partial charge in [0.25, 0.3) is 5.91 Å². The molecule has 156 valence electrons. The van der Waals surface area contributed by atoms with Crippen molar-refractivity contribution in [2.24, 2.45) is 0 Å². The SMILES string of the molecule is CCc1ccc(NC(=O)c2cn(-c3ccc(S(=O)(=O)N4CCCC4)cc3)cn2)cc1. The normalized spacial score (nSPS) is 14.7. The van der Waals surface area contributed by atoms with Crippen LogP contribution in [0.3, 0.4) is 0 Å². The van der Waals surface area contributed by atoms with Gasteiger partial charge < -0.3 is 9.88 Å². The summed E-state index contributed by atoms with van der Waals surface area (Å²) in [5, 5.41) is 2.83. The molecule has 1 aromatic heterocycles. The van der Waals surface area contributed by atoms with Gasteiger partial charge in [-0.2, -0.15) is 4.31 Å². The first-order chi connectivity index (χ1) is 14.5. The lowest BCUT2D eigenvalue weighted by Crippen LogP contribution is -2.27. The first-order valence-electron chi connectivity index (χ1n) is 10.0. The van der Waals surface area contributed by atoms with E-state index in [2.05, 4.69) is 17.2 Å². The Kier molecular flexibility index (Phi) is 5.69. The third-order valence-electron chi connectivity index (χ3n) is 5.27. The van der Waals surface area contributed by atoms with Gasteiger partial charge in [-0.15, -0.1) is 0 Å². The molecule has 3 aromatic rings. The number of aromatic nitrogens is 2. The van der Waals surface area contributed by atoms with E-state index in [1.165, 1.54) is 9.87 Å². The van der Waals surface area contributed by atoms with Crippen molar-refractivity contribution < 1.29 is 13.2 Å². The van der Waals surface area contributed by atoms with Crippen molar-refractivity contribution >= 4 is 21.6 Å². The summed E-state index contributed by atoms with van der Waals surface area (Å²) >= 11 is 0. The van der Waals surface area contributed by atoms with Crippen LogP contribution >= 0.6 is 0 Å². The first kappa shape index (κ1) is 20.3. The molecule has 1 amide bonds. The van der Waals surface area contributed by atoms with E-state index in [0.29, 0.717) is 18.8 Å². The van der Waals surface area contributed by atoms with Gasteiger partial charge in [-0.25, -0.2) is 13.4 Å². The van der Waals surface area contributed by atoms with Crippen LogP contribution in [0.2, 0.25) is 0 Å². The van der Waals surface area contributed by atoms with E-state index in [4.69, 9.17) is 0 Å². The van der Waals surface area contributed by atoms with Gasteiger partial charge in [-0.3, -0.25) is 4.79 Å². The van der Waals surface area contributed by atoms with Crippen LogP contribution in [0.4, 0.5) is 5.69 Å². The van der Waals surface area contributed by atoms with Crippen LogP contribution in [0.25, 0.3) is 5.69 Å². The van der Waals surface area contributed by atoms with Gasteiger partial charge in [0.1, 0.15) is 12.0 Å². The van der Waals surface area contributed by atoms with Crippen molar-refractivity contribution in [3.8, 4) is 5.69 Å². The fourth-order valence-electron chi connectivity index (χ4n) is 3.47. The van der Waals surface area contributed by atoms with Gasteiger partial charge >= 0.3 is 0 Å². The Bertz CT molecular complexity index is 1130. The number of benzene rings is 2. The molecule has 8 heteroatoms. The molecule has 1 N–H and O–H groups in total. The summed E-state index contributed by atoms with van der Waals surface area (Å²) < 4.78 is 28.5. The average Bonchev–Trinajstić information content (AvgIpc) is 3.47.